The zero-order chi connectivity index (χ0) is 25.8. The Balaban J connectivity index is 0. The van der Waals surface area contributed by atoms with E-state index in [1.807, 2.05) is 69.2 Å². The van der Waals surface area contributed by atoms with E-state index in [0.717, 1.165) is 17.8 Å². The lowest BCUT2D eigenvalue weighted by atomic mass is 9.78. The van der Waals surface area contributed by atoms with Crippen molar-refractivity contribution < 1.29 is 30.1 Å². The standard InChI is InChI=1S/C16H30O4.C10H20.H2O2/c1-13(2,3)17-19-15(7,8)11-12-16(9,10)20-18-14(4,5)6;1-8(2)10-6-4-9(3)5-7-10;1-2/h1-10H3;8-10H,4-7H2,1-3H3;1-2H. The fourth-order valence-corrected chi connectivity index (χ4v) is 2.75. The Morgan fingerprint density at radius 2 is 0.938 bits per heavy atom. The minimum Gasteiger partial charge on any atom is -0.255 e. The van der Waals surface area contributed by atoms with Crippen LogP contribution in [0.15, 0.2) is 0 Å². The Hall–Kier alpha value is -0.680. The van der Waals surface area contributed by atoms with E-state index in [0.29, 0.717) is 0 Å². The molecular weight excluding hydrogens is 408 g/mol. The molecule has 0 aromatic heterocycles. The molecule has 2 N–H and O–H groups in total. The first-order valence-corrected chi connectivity index (χ1v) is 11.8. The van der Waals surface area contributed by atoms with E-state index >= 15 is 0 Å². The number of hydrogen-bond acceptors (Lipinski definition) is 6. The Morgan fingerprint density at radius 1 is 0.625 bits per heavy atom. The topological polar surface area (TPSA) is 77.4 Å². The number of rotatable bonds is 5. The first-order chi connectivity index (χ1) is 14.3. The van der Waals surface area contributed by atoms with Crippen molar-refractivity contribution in [3.8, 4) is 11.8 Å². The molecule has 1 fully saturated rings. The minimum absolute atomic E-state index is 0.375. The van der Waals surface area contributed by atoms with Gasteiger partial charge in [-0.15, -0.1) is 0 Å². The molecule has 1 aliphatic rings. The summed E-state index contributed by atoms with van der Waals surface area (Å²) in [5.41, 5.74) is -2.20. The SMILES string of the molecule is CC(C)(C)OOC(C)(C)C#CC(C)(C)OOC(C)(C)C.CC1CCC(C(C)C)CC1.OO. The summed E-state index contributed by atoms with van der Waals surface area (Å²) in [7, 11) is 0. The summed E-state index contributed by atoms with van der Waals surface area (Å²) in [6, 6.07) is 0. The second-order valence-electron chi connectivity index (χ2n) is 12.1. The Labute approximate surface area is 198 Å². The van der Waals surface area contributed by atoms with Crippen LogP contribution in [-0.4, -0.2) is 32.9 Å². The van der Waals surface area contributed by atoms with Crippen LogP contribution in [-0.2, 0) is 19.6 Å². The fraction of sp³-hybridized carbons (Fsp3) is 0.923. The molecule has 0 amide bonds. The van der Waals surface area contributed by atoms with Gasteiger partial charge >= 0.3 is 0 Å². The van der Waals surface area contributed by atoms with Gasteiger partial charge in [0.1, 0.15) is 0 Å². The quantitative estimate of drug-likeness (QED) is 0.251. The molecule has 0 aromatic carbocycles. The highest BCUT2D eigenvalue weighted by Gasteiger charge is 2.25. The molecule has 1 rings (SSSR count). The Bertz CT molecular complexity index is 501. The molecule has 0 heterocycles. The molecule has 6 nitrogen and oxygen atoms in total. The lowest BCUT2D eigenvalue weighted by Gasteiger charge is -2.28. The first kappa shape index (κ1) is 33.5. The van der Waals surface area contributed by atoms with Crippen LogP contribution in [0.4, 0.5) is 0 Å². The van der Waals surface area contributed by atoms with E-state index in [9.17, 15) is 0 Å². The molecule has 32 heavy (non-hydrogen) atoms. The van der Waals surface area contributed by atoms with Crippen LogP contribution in [0.25, 0.3) is 0 Å². The van der Waals surface area contributed by atoms with Crippen molar-refractivity contribution in [3.05, 3.63) is 0 Å². The van der Waals surface area contributed by atoms with Crippen molar-refractivity contribution in [2.24, 2.45) is 17.8 Å². The van der Waals surface area contributed by atoms with Gasteiger partial charge in [0.2, 0.25) is 0 Å². The van der Waals surface area contributed by atoms with Gasteiger partial charge in [0.05, 0.1) is 11.2 Å². The second kappa shape index (κ2) is 14.6. The van der Waals surface area contributed by atoms with E-state index in [1.165, 1.54) is 25.7 Å². The van der Waals surface area contributed by atoms with Gasteiger partial charge in [-0.25, -0.2) is 19.6 Å². The summed E-state index contributed by atoms with van der Waals surface area (Å²) >= 11 is 0. The molecule has 0 spiro atoms. The van der Waals surface area contributed by atoms with E-state index in [2.05, 4.69) is 32.6 Å². The zero-order valence-corrected chi connectivity index (χ0v) is 23.1. The summed E-state index contributed by atoms with van der Waals surface area (Å²) in [6.45, 7) is 26.0. The fourth-order valence-electron chi connectivity index (χ4n) is 2.75. The van der Waals surface area contributed by atoms with Crippen LogP contribution in [0.3, 0.4) is 0 Å². The largest absolute Gasteiger partial charge is 0.255 e. The van der Waals surface area contributed by atoms with Crippen molar-refractivity contribution in [2.45, 2.75) is 138 Å². The van der Waals surface area contributed by atoms with Crippen LogP contribution < -0.4 is 0 Å². The summed E-state index contributed by atoms with van der Waals surface area (Å²) in [5.74, 6) is 8.98. The lowest BCUT2D eigenvalue weighted by molar-refractivity contribution is -0.386. The van der Waals surface area contributed by atoms with Gasteiger partial charge < -0.3 is 0 Å². The number of hydrogen-bond donors (Lipinski definition) is 2. The van der Waals surface area contributed by atoms with E-state index < -0.39 is 11.2 Å². The molecule has 0 aliphatic heterocycles. The predicted molar refractivity (Wildman–Crippen MR) is 131 cm³/mol. The van der Waals surface area contributed by atoms with E-state index in [4.69, 9.17) is 30.1 Å². The summed E-state index contributed by atoms with van der Waals surface area (Å²) in [5, 5.41) is 12.0. The van der Waals surface area contributed by atoms with Crippen molar-refractivity contribution in [1.82, 2.24) is 0 Å². The van der Waals surface area contributed by atoms with Crippen molar-refractivity contribution in [3.63, 3.8) is 0 Å². The summed E-state index contributed by atoms with van der Waals surface area (Å²) in [4.78, 5) is 21.3. The molecule has 0 aromatic rings. The monoisotopic (exact) mass is 460 g/mol. The van der Waals surface area contributed by atoms with Crippen LogP contribution in [0.1, 0.15) is 116 Å². The van der Waals surface area contributed by atoms with Gasteiger partial charge in [-0.3, -0.25) is 10.5 Å². The minimum atomic E-state index is -0.727. The van der Waals surface area contributed by atoms with Gasteiger partial charge in [0.15, 0.2) is 11.2 Å². The third-order valence-electron chi connectivity index (χ3n) is 4.67. The average molecular weight is 461 g/mol. The Kier molecular flexibility index (Phi) is 15.2. The van der Waals surface area contributed by atoms with Gasteiger partial charge in [-0.05, 0) is 99.8 Å². The van der Waals surface area contributed by atoms with Crippen LogP contribution in [0.2, 0.25) is 0 Å². The molecule has 0 saturated heterocycles. The highest BCUT2D eigenvalue weighted by atomic mass is 17.2. The van der Waals surface area contributed by atoms with Crippen LogP contribution in [0.5, 0.6) is 0 Å². The predicted octanol–water partition coefficient (Wildman–Crippen LogP) is 7.53. The van der Waals surface area contributed by atoms with Crippen molar-refractivity contribution >= 4 is 0 Å². The first-order valence-electron chi connectivity index (χ1n) is 11.8. The van der Waals surface area contributed by atoms with Crippen molar-refractivity contribution in [1.29, 1.82) is 0 Å². The molecule has 0 radical (unpaired) electrons. The van der Waals surface area contributed by atoms with Gasteiger partial charge in [0, 0.05) is 0 Å². The normalized spacial score (nSPS) is 19.8. The summed E-state index contributed by atoms with van der Waals surface area (Å²) < 4.78 is 0. The Morgan fingerprint density at radius 3 is 1.19 bits per heavy atom. The van der Waals surface area contributed by atoms with Gasteiger partial charge in [-0.1, -0.05) is 45.5 Å². The van der Waals surface area contributed by atoms with Crippen LogP contribution >= 0.6 is 0 Å². The smallest absolute Gasteiger partial charge is 0.158 e. The van der Waals surface area contributed by atoms with Gasteiger partial charge in [0.25, 0.3) is 0 Å². The van der Waals surface area contributed by atoms with E-state index in [1.54, 1.807) is 0 Å². The zero-order valence-electron chi connectivity index (χ0n) is 23.1. The maximum absolute atomic E-state index is 6.00. The average Bonchev–Trinajstić information content (AvgIpc) is 2.65. The lowest BCUT2D eigenvalue weighted by Crippen LogP contribution is -2.32. The highest BCUT2D eigenvalue weighted by molar-refractivity contribution is 5.17. The third kappa shape index (κ3) is 20.0. The molecule has 192 valence electrons. The molecule has 0 bridgehead atoms. The molecule has 1 aliphatic carbocycles. The van der Waals surface area contributed by atoms with Crippen molar-refractivity contribution in [2.75, 3.05) is 0 Å². The summed E-state index contributed by atoms with van der Waals surface area (Å²) in [6.07, 6.45) is 5.92. The molecular formula is C26H52O6. The van der Waals surface area contributed by atoms with E-state index in [-0.39, 0.29) is 11.2 Å². The molecule has 6 heteroatoms. The maximum Gasteiger partial charge on any atom is 0.158 e. The highest BCUT2D eigenvalue weighted by Crippen LogP contribution is 2.32. The molecule has 0 unspecified atom stereocenters. The van der Waals surface area contributed by atoms with Crippen LogP contribution in [0, 0.1) is 29.6 Å². The molecule has 0 atom stereocenters. The molecule has 1 saturated carbocycles. The maximum atomic E-state index is 6.00. The van der Waals surface area contributed by atoms with Gasteiger partial charge in [-0.2, -0.15) is 0 Å². The second-order valence-corrected chi connectivity index (χ2v) is 12.1. The third-order valence-corrected chi connectivity index (χ3v) is 4.67.